The zero-order valence-electron chi connectivity index (χ0n) is 15.2. The molecule has 1 aromatic rings. The SMILES string of the molecule is O=C(c1ccc(N2CC(F)(F)C2)c(OCC2CC2)n1)N1CC2(C1)CS(=O)(=O)C2. The van der Waals surface area contributed by atoms with Gasteiger partial charge in [0.05, 0.1) is 31.2 Å². The predicted octanol–water partition coefficient (Wildman–Crippen LogP) is 1.20. The molecule has 0 unspecified atom stereocenters. The first kappa shape index (κ1) is 18.1. The Morgan fingerprint density at radius 2 is 1.86 bits per heavy atom. The molecule has 0 radical (unpaired) electrons. The molecule has 0 bridgehead atoms. The molecule has 1 saturated carbocycles. The third-order valence-electron chi connectivity index (χ3n) is 5.79. The summed E-state index contributed by atoms with van der Waals surface area (Å²) in [6, 6.07) is 3.14. The number of hydrogen-bond acceptors (Lipinski definition) is 6. The minimum atomic E-state index is -2.94. The van der Waals surface area contributed by atoms with Crippen LogP contribution in [0.4, 0.5) is 14.5 Å². The van der Waals surface area contributed by atoms with E-state index in [1.807, 2.05) is 0 Å². The molecule has 0 aromatic carbocycles. The second kappa shape index (κ2) is 5.77. The molecule has 0 N–H and O–H groups in total. The van der Waals surface area contributed by atoms with Crippen LogP contribution in [-0.4, -0.2) is 74.4 Å². The van der Waals surface area contributed by atoms with Gasteiger partial charge in [-0.2, -0.15) is 0 Å². The molecule has 152 valence electrons. The first-order valence-corrected chi connectivity index (χ1v) is 11.2. The Hall–Kier alpha value is -1.97. The number of sulfone groups is 1. The number of carbonyl (C=O) groups excluding carboxylic acids is 1. The van der Waals surface area contributed by atoms with Gasteiger partial charge >= 0.3 is 0 Å². The predicted molar refractivity (Wildman–Crippen MR) is 96.6 cm³/mol. The Labute approximate surface area is 161 Å². The van der Waals surface area contributed by atoms with Crippen LogP contribution in [0.5, 0.6) is 5.88 Å². The smallest absolute Gasteiger partial charge is 0.282 e. The molecule has 1 aliphatic carbocycles. The van der Waals surface area contributed by atoms with E-state index in [2.05, 4.69) is 4.98 Å². The highest BCUT2D eigenvalue weighted by Gasteiger charge is 2.57. The lowest BCUT2D eigenvalue weighted by molar-refractivity contribution is -0.0265. The molecule has 1 amide bonds. The van der Waals surface area contributed by atoms with Gasteiger partial charge in [0.25, 0.3) is 11.8 Å². The Bertz CT molecular complexity index is 920. The highest BCUT2D eigenvalue weighted by Crippen LogP contribution is 2.42. The third kappa shape index (κ3) is 3.21. The van der Waals surface area contributed by atoms with Crippen molar-refractivity contribution < 1.29 is 26.7 Å². The van der Waals surface area contributed by atoms with E-state index in [0.717, 1.165) is 12.8 Å². The number of likely N-dealkylation sites (tertiary alicyclic amines) is 1. The number of aromatic nitrogens is 1. The van der Waals surface area contributed by atoms with E-state index in [-0.39, 0.29) is 47.5 Å². The maximum Gasteiger partial charge on any atom is 0.282 e. The normalized spacial score (nSPS) is 26.2. The number of rotatable bonds is 5. The van der Waals surface area contributed by atoms with E-state index in [4.69, 9.17) is 4.74 Å². The summed E-state index contributed by atoms with van der Waals surface area (Å²) in [5.74, 6) is -2.05. The number of ether oxygens (including phenoxy) is 1. The number of alkyl halides is 2. The number of nitrogens with zero attached hydrogens (tertiary/aromatic N) is 3. The molecule has 10 heteroatoms. The number of halogens is 2. The molecule has 4 aliphatic rings. The average Bonchev–Trinajstić information content (AvgIpc) is 3.36. The van der Waals surface area contributed by atoms with Crippen LogP contribution in [-0.2, 0) is 9.84 Å². The Kier molecular flexibility index (Phi) is 3.73. The van der Waals surface area contributed by atoms with Gasteiger partial charge in [-0.25, -0.2) is 22.2 Å². The highest BCUT2D eigenvalue weighted by molar-refractivity contribution is 7.92. The van der Waals surface area contributed by atoms with Crippen LogP contribution in [0.1, 0.15) is 23.3 Å². The van der Waals surface area contributed by atoms with Crippen molar-refractivity contribution in [1.82, 2.24) is 9.88 Å². The van der Waals surface area contributed by atoms with Crippen molar-refractivity contribution in [2.45, 2.75) is 18.8 Å². The lowest BCUT2D eigenvalue weighted by Gasteiger charge is -2.54. The summed E-state index contributed by atoms with van der Waals surface area (Å²) in [7, 11) is -2.94. The topological polar surface area (TPSA) is 79.8 Å². The van der Waals surface area contributed by atoms with Gasteiger partial charge in [0.15, 0.2) is 9.84 Å². The number of anilines is 1. The summed E-state index contributed by atoms with van der Waals surface area (Å²) in [6.45, 7) is 0.512. The summed E-state index contributed by atoms with van der Waals surface area (Å²) in [5.41, 5.74) is 0.385. The first-order chi connectivity index (χ1) is 13.1. The molecule has 3 saturated heterocycles. The van der Waals surface area contributed by atoms with Crippen LogP contribution < -0.4 is 9.64 Å². The maximum atomic E-state index is 13.3. The third-order valence-corrected chi connectivity index (χ3v) is 7.89. The second-order valence-corrected chi connectivity index (χ2v) is 10.7. The Balaban J connectivity index is 1.30. The fourth-order valence-electron chi connectivity index (χ4n) is 4.21. The Morgan fingerprint density at radius 3 is 2.43 bits per heavy atom. The molecule has 1 spiro atoms. The summed E-state index contributed by atoms with van der Waals surface area (Å²) in [5, 5.41) is 0. The monoisotopic (exact) mass is 413 g/mol. The molecular weight excluding hydrogens is 392 g/mol. The lowest BCUT2D eigenvalue weighted by Crippen LogP contribution is -2.69. The van der Waals surface area contributed by atoms with E-state index in [1.165, 1.54) is 11.0 Å². The molecule has 4 fully saturated rings. The van der Waals surface area contributed by atoms with Crippen LogP contribution in [0.15, 0.2) is 12.1 Å². The standard InChI is InChI=1S/C18H21F2N3O4S/c19-18(20)8-22(9-18)14-4-3-13(21-15(14)27-5-12-1-2-12)16(24)23-6-17(7-23)10-28(25,26)11-17/h3-4,12H,1-2,5-11H2. The minimum absolute atomic E-state index is 0.134. The van der Waals surface area contributed by atoms with E-state index in [1.54, 1.807) is 11.0 Å². The molecule has 28 heavy (non-hydrogen) atoms. The quantitative estimate of drug-likeness (QED) is 0.722. The van der Waals surface area contributed by atoms with Crippen LogP contribution in [0.3, 0.4) is 0 Å². The number of carbonyl (C=O) groups is 1. The van der Waals surface area contributed by atoms with Gasteiger partial charge in [-0.05, 0) is 30.9 Å². The number of amides is 1. The summed E-state index contributed by atoms with van der Waals surface area (Å²) in [6.07, 6.45) is 2.16. The lowest BCUT2D eigenvalue weighted by atomic mass is 9.82. The van der Waals surface area contributed by atoms with Gasteiger partial charge in [-0.3, -0.25) is 4.79 Å². The van der Waals surface area contributed by atoms with Crippen molar-refractivity contribution in [3.05, 3.63) is 17.8 Å². The van der Waals surface area contributed by atoms with Crippen LogP contribution in [0.2, 0.25) is 0 Å². The number of hydrogen-bond donors (Lipinski definition) is 0. The number of pyridine rings is 1. The summed E-state index contributed by atoms with van der Waals surface area (Å²) >= 11 is 0. The van der Waals surface area contributed by atoms with E-state index in [0.29, 0.717) is 31.3 Å². The molecular formula is C18H21F2N3O4S. The average molecular weight is 413 g/mol. The van der Waals surface area contributed by atoms with Crippen molar-refractivity contribution in [1.29, 1.82) is 0 Å². The van der Waals surface area contributed by atoms with Crippen molar-refractivity contribution in [2.75, 3.05) is 49.2 Å². The molecule has 0 atom stereocenters. The van der Waals surface area contributed by atoms with Crippen molar-refractivity contribution in [3.8, 4) is 5.88 Å². The van der Waals surface area contributed by atoms with Gasteiger partial charge in [0.1, 0.15) is 11.4 Å². The van der Waals surface area contributed by atoms with Gasteiger partial charge in [-0.15, -0.1) is 0 Å². The second-order valence-electron chi connectivity index (χ2n) is 8.68. The zero-order chi connectivity index (χ0) is 19.7. The van der Waals surface area contributed by atoms with Crippen LogP contribution >= 0.6 is 0 Å². The fourth-order valence-corrected chi connectivity index (χ4v) is 6.35. The maximum absolute atomic E-state index is 13.3. The van der Waals surface area contributed by atoms with Crippen molar-refractivity contribution in [3.63, 3.8) is 0 Å². The minimum Gasteiger partial charge on any atom is -0.476 e. The summed E-state index contributed by atoms with van der Waals surface area (Å²) < 4.78 is 55.1. The fraction of sp³-hybridized carbons (Fsp3) is 0.667. The van der Waals surface area contributed by atoms with Gasteiger partial charge in [-0.1, -0.05) is 0 Å². The molecule has 1 aromatic heterocycles. The highest BCUT2D eigenvalue weighted by atomic mass is 32.2. The zero-order valence-corrected chi connectivity index (χ0v) is 16.1. The van der Waals surface area contributed by atoms with E-state index >= 15 is 0 Å². The molecule has 4 heterocycles. The molecule has 7 nitrogen and oxygen atoms in total. The van der Waals surface area contributed by atoms with Crippen LogP contribution in [0, 0.1) is 11.3 Å². The molecule has 5 rings (SSSR count). The van der Waals surface area contributed by atoms with Crippen molar-refractivity contribution >= 4 is 21.4 Å². The van der Waals surface area contributed by atoms with E-state index in [9.17, 15) is 22.0 Å². The van der Waals surface area contributed by atoms with E-state index < -0.39 is 15.8 Å². The Morgan fingerprint density at radius 1 is 1.18 bits per heavy atom. The molecule has 3 aliphatic heterocycles. The van der Waals surface area contributed by atoms with Gasteiger partial charge in [0, 0.05) is 18.5 Å². The first-order valence-electron chi connectivity index (χ1n) is 9.40. The largest absolute Gasteiger partial charge is 0.476 e. The van der Waals surface area contributed by atoms with Crippen molar-refractivity contribution in [2.24, 2.45) is 11.3 Å². The van der Waals surface area contributed by atoms with Crippen LogP contribution in [0.25, 0.3) is 0 Å². The summed E-state index contributed by atoms with van der Waals surface area (Å²) in [4.78, 5) is 20.1. The van der Waals surface area contributed by atoms with Gasteiger partial charge < -0.3 is 14.5 Å². The van der Waals surface area contributed by atoms with Gasteiger partial charge in [0.2, 0.25) is 5.88 Å².